The number of benzene rings is 1. The van der Waals surface area contributed by atoms with Gasteiger partial charge in [0.25, 0.3) is 0 Å². The topological polar surface area (TPSA) is 63.4 Å². The first-order chi connectivity index (χ1) is 17.4. The van der Waals surface area contributed by atoms with Gasteiger partial charge in [0.05, 0.1) is 12.4 Å². The van der Waals surface area contributed by atoms with Crippen LogP contribution in [0.2, 0.25) is 0 Å². The minimum atomic E-state index is 0.577. The monoisotopic (exact) mass is 516 g/mol. The van der Waals surface area contributed by atoms with Gasteiger partial charge in [0.2, 0.25) is 11.8 Å². The highest BCUT2D eigenvalue weighted by Gasteiger charge is 2.05. The van der Waals surface area contributed by atoms with Gasteiger partial charge in [-0.3, -0.25) is 0 Å². The molecule has 0 saturated carbocycles. The zero-order valence-corrected chi connectivity index (χ0v) is 24.2. The van der Waals surface area contributed by atoms with Gasteiger partial charge < -0.3 is 19.4 Å². The summed E-state index contributed by atoms with van der Waals surface area (Å²) in [5.41, 5.74) is 2.22. The fourth-order valence-corrected chi connectivity index (χ4v) is 3.34. The Hall–Kier alpha value is -2.35. The van der Waals surface area contributed by atoms with Gasteiger partial charge in [-0.15, -0.1) is 10.2 Å². The zero-order chi connectivity index (χ0) is 27.0. The van der Waals surface area contributed by atoms with Crippen molar-refractivity contribution in [2.45, 2.75) is 53.5 Å². The lowest BCUT2D eigenvalue weighted by molar-refractivity contribution is 0.220. The first kappa shape index (κ1) is 33.7. The lowest BCUT2D eigenvalue weighted by Gasteiger charge is -2.09. The Morgan fingerprint density at radius 2 is 1.83 bits per heavy atom. The molecule has 0 aliphatic rings. The summed E-state index contributed by atoms with van der Waals surface area (Å²) in [5, 5.41) is 11.3. The van der Waals surface area contributed by atoms with Gasteiger partial charge in [0, 0.05) is 31.2 Å². The second-order valence-electron chi connectivity index (χ2n) is 8.18. The SMILES string of the molecule is C/C=C(\CCC)OCCSCC.C=CC=C.Cc1nnc(-c2ccc(CNCCCN(C)C)cc2)o1. The van der Waals surface area contributed by atoms with E-state index in [1.807, 2.05) is 30.8 Å². The standard InChI is InChI=1S/C15H22N4O.C10H20OS.C4H6/c1-12-17-18-15(20-12)14-7-5-13(6-8-14)11-16-9-4-10-19(2)3;1-4-7-10(5-2)11-8-9-12-6-3;1-3-4-2/h5-8,16H,4,9-11H2,1-3H3;5H,4,6-9H2,1-3H3;3-4H,1-2H2/b;10-5+;. The molecule has 0 atom stereocenters. The average molecular weight is 517 g/mol. The summed E-state index contributed by atoms with van der Waals surface area (Å²) in [7, 11) is 4.19. The van der Waals surface area contributed by atoms with E-state index in [4.69, 9.17) is 9.15 Å². The molecule has 0 radical (unpaired) electrons. The second kappa shape index (κ2) is 23.1. The fourth-order valence-electron chi connectivity index (χ4n) is 2.85. The van der Waals surface area contributed by atoms with Crippen LogP contribution in [0.3, 0.4) is 0 Å². The molecule has 0 unspecified atom stereocenters. The van der Waals surface area contributed by atoms with Crippen molar-refractivity contribution in [2.24, 2.45) is 0 Å². The highest BCUT2D eigenvalue weighted by Crippen LogP contribution is 2.18. The van der Waals surface area contributed by atoms with Crippen LogP contribution < -0.4 is 5.32 Å². The number of rotatable bonds is 15. The van der Waals surface area contributed by atoms with E-state index in [0.29, 0.717) is 11.8 Å². The third kappa shape index (κ3) is 18.0. The quantitative estimate of drug-likeness (QED) is 0.157. The van der Waals surface area contributed by atoms with Crippen LogP contribution in [-0.2, 0) is 11.3 Å². The molecule has 1 heterocycles. The third-order valence-electron chi connectivity index (χ3n) is 4.72. The smallest absolute Gasteiger partial charge is 0.247 e. The normalized spacial score (nSPS) is 10.7. The van der Waals surface area contributed by atoms with E-state index in [-0.39, 0.29) is 0 Å². The van der Waals surface area contributed by atoms with E-state index < -0.39 is 0 Å². The molecule has 7 heteroatoms. The highest BCUT2D eigenvalue weighted by atomic mass is 32.2. The van der Waals surface area contributed by atoms with Crippen molar-refractivity contribution in [2.75, 3.05) is 45.3 Å². The lowest BCUT2D eigenvalue weighted by Crippen LogP contribution is -2.20. The molecule has 1 aromatic heterocycles. The van der Waals surface area contributed by atoms with Crippen LogP contribution in [0.4, 0.5) is 0 Å². The average Bonchev–Trinajstić information content (AvgIpc) is 3.32. The molecule has 0 saturated heterocycles. The molecule has 0 fully saturated rings. The number of ether oxygens (including phenoxy) is 1. The summed E-state index contributed by atoms with van der Waals surface area (Å²) in [6.45, 7) is 18.8. The Morgan fingerprint density at radius 1 is 1.14 bits per heavy atom. The molecular weight excluding hydrogens is 468 g/mol. The Morgan fingerprint density at radius 3 is 2.33 bits per heavy atom. The van der Waals surface area contributed by atoms with E-state index >= 15 is 0 Å². The second-order valence-corrected chi connectivity index (χ2v) is 9.57. The predicted octanol–water partition coefficient (Wildman–Crippen LogP) is 6.90. The fraction of sp³-hybridized carbons (Fsp3) is 0.517. The largest absolute Gasteiger partial charge is 0.497 e. The van der Waals surface area contributed by atoms with Gasteiger partial charge in [-0.05, 0) is 76.5 Å². The Balaban J connectivity index is 0.000000653. The summed E-state index contributed by atoms with van der Waals surface area (Å²) < 4.78 is 11.0. The Kier molecular flexibility index (Phi) is 21.6. The number of hydrogen-bond acceptors (Lipinski definition) is 7. The van der Waals surface area contributed by atoms with Crippen molar-refractivity contribution in [1.82, 2.24) is 20.4 Å². The van der Waals surface area contributed by atoms with Crippen LogP contribution in [0.5, 0.6) is 0 Å². The molecule has 36 heavy (non-hydrogen) atoms. The minimum absolute atomic E-state index is 0.577. The predicted molar refractivity (Wildman–Crippen MR) is 157 cm³/mol. The molecule has 6 nitrogen and oxygen atoms in total. The number of aryl methyl sites for hydroxylation is 1. The van der Waals surface area contributed by atoms with Crippen LogP contribution in [0.25, 0.3) is 11.5 Å². The number of hydrogen-bond donors (Lipinski definition) is 1. The van der Waals surface area contributed by atoms with E-state index in [1.165, 1.54) is 17.7 Å². The van der Waals surface area contributed by atoms with Crippen LogP contribution in [0.1, 0.15) is 51.5 Å². The first-order valence-electron chi connectivity index (χ1n) is 12.8. The molecule has 2 aromatic rings. The Labute approximate surface area is 224 Å². The van der Waals surface area contributed by atoms with Crippen molar-refractivity contribution in [3.05, 3.63) is 72.9 Å². The summed E-state index contributed by atoms with van der Waals surface area (Å²) >= 11 is 1.93. The lowest BCUT2D eigenvalue weighted by atomic mass is 10.1. The number of thioether (sulfide) groups is 1. The summed E-state index contributed by atoms with van der Waals surface area (Å²) in [5.74, 6) is 4.61. The molecule has 0 bridgehead atoms. The van der Waals surface area contributed by atoms with Gasteiger partial charge in [-0.1, -0.05) is 51.3 Å². The number of nitrogens with zero attached hydrogens (tertiary/aromatic N) is 3. The molecule has 1 aromatic carbocycles. The van der Waals surface area contributed by atoms with Gasteiger partial charge in [0.15, 0.2) is 0 Å². The van der Waals surface area contributed by atoms with E-state index in [9.17, 15) is 0 Å². The van der Waals surface area contributed by atoms with Gasteiger partial charge in [-0.25, -0.2) is 0 Å². The maximum absolute atomic E-state index is 5.57. The van der Waals surface area contributed by atoms with Crippen molar-refractivity contribution in [3.8, 4) is 11.5 Å². The summed E-state index contributed by atoms with van der Waals surface area (Å²) in [4.78, 5) is 2.20. The minimum Gasteiger partial charge on any atom is -0.497 e. The van der Waals surface area contributed by atoms with E-state index in [1.54, 1.807) is 19.1 Å². The molecule has 0 amide bonds. The van der Waals surface area contributed by atoms with Gasteiger partial charge in [0.1, 0.15) is 0 Å². The molecule has 2 rings (SSSR count). The molecular formula is C29H48N4O2S. The third-order valence-corrected chi connectivity index (χ3v) is 5.58. The van der Waals surface area contributed by atoms with Crippen molar-refractivity contribution in [3.63, 3.8) is 0 Å². The van der Waals surface area contributed by atoms with E-state index in [2.05, 4.69) is 79.7 Å². The van der Waals surface area contributed by atoms with Crippen LogP contribution in [0, 0.1) is 6.92 Å². The molecule has 0 spiro atoms. The maximum Gasteiger partial charge on any atom is 0.247 e. The molecule has 0 aliphatic carbocycles. The molecule has 202 valence electrons. The molecule has 0 aliphatic heterocycles. The van der Waals surface area contributed by atoms with Gasteiger partial charge >= 0.3 is 0 Å². The number of aromatic nitrogens is 2. The van der Waals surface area contributed by atoms with Crippen molar-refractivity contribution < 1.29 is 9.15 Å². The highest BCUT2D eigenvalue weighted by molar-refractivity contribution is 7.99. The van der Waals surface area contributed by atoms with E-state index in [0.717, 1.165) is 56.2 Å². The molecule has 1 N–H and O–H groups in total. The summed E-state index contributed by atoms with van der Waals surface area (Å²) in [6, 6.07) is 8.22. The number of allylic oxidation sites excluding steroid dienone is 4. The summed E-state index contributed by atoms with van der Waals surface area (Å²) in [6.07, 6.45) is 8.75. The Bertz CT molecular complexity index is 826. The van der Waals surface area contributed by atoms with Gasteiger partial charge in [-0.2, -0.15) is 11.8 Å². The van der Waals surface area contributed by atoms with Crippen molar-refractivity contribution in [1.29, 1.82) is 0 Å². The van der Waals surface area contributed by atoms with Crippen LogP contribution in [-0.4, -0.2) is 60.4 Å². The van der Waals surface area contributed by atoms with Crippen LogP contribution >= 0.6 is 11.8 Å². The zero-order valence-electron chi connectivity index (χ0n) is 23.4. The maximum atomic E-state index is 5.57. The first-order valence-corrected chi connectivity index (χ1v) is 13.9. The van der Waals surface area contributed by atoms with Crippen molar-refractivity contribution >= 4 is 11.8 Å². The number of nitrogens with one attached hydrogen (secondary N) is 1. The van der Waals surface area contributed by atoms with Crippen LogP contribution in [0.15, 0.2) is 65.8 Å².